The Balaban J connectivity index is 1.59. The first-order chi connectivity index (χ1) is 35.4. The number of likely N-dealkylation sites (N-methyl/N-ethyl adjacent to an activating group) is 2. The van der Waals surface area contributed by atoms with E-state index >= 15 is 0 Å². The summed E-state index contributed by atoms with van der Waals surface area (Å²) >= 11 is 0. The van der Waals surface area contributed by atoms with Crippen LogP contribution in [0.1, 0.15) is 52.4 Å². The van der Waals surface area contributed by atoms with E-state index in [1.807, 2.05) is 0 Å². The summed E-state index contributed by atoms with van der Waals surface area (Å²) in [5.41, 5.74) is 0. The van der Waals surface area contributed by atoms with E-state index in [2.05, 4.69) is 4.74 Å². The van der Waals surface area contributed by atoms with Crippen molar-refractivity contribution < 1.29 is 100.0 Å². The third-order valence-corrected chi connectivity index (χ3v) is 11.6. The van der Waals surface area contributed by atoms with Crippen molar-refractivity contribution >= 4 is 41.7 Å². The molecule has 1 fully saturated rings. The molecule has 422 valence electrons. The number of carbonyl (C=O) groups is 7. The number of halogens is 4. The predicted molar refractivity (Wildman–Crippen MR) is 253 cm³/mol. The standard InChI is InChI=1S/C47H74F4N6O17/c1-3-55(38(58)7-5-6-8-43(66)74-46-44(50)35(48)31-36(49)45(46)51)19-21-69-23-25-71-27-29-73-30-28-72-26-24-70-22-20-56(4-2)39(59)10-9-37(47(67)68)57-17-15-53(33-41(62)63)13-11-52(32-40(60)61)12-14-54(16-18-57)34-42(64)65/h31,37H,3-30,32-34H2,1-2H3,(H,60,61)(H,62,63)(H,64,65)(H,67,68). The number of hydrogen-bond acceptors (Lipinski definition) is 17. The van der Waals surface area contributed by atoms with Crippen molar-refractivity contribution in [2.75, 3.05) is 164 Å². The van der Waals surface area contributed by atoms with Gasteiger partial charge in [-0.3, -0.25) is 53.2 Å². The maximum atomic E-state index is 13.7. The number of unbranched alkanes of at least 4 members (excludes halogenated alkanes) is 1. The smallest absolute Gasteiger partial charge is 0.320 e. The van der Waals surface area contributed by atoms with Crippen molar-refractivity contribution in [3.05, 3.63) is 29.3 Å². The molecular weight excluding hydrogens is 997 g/mol. The quantitative estimate of drug-likeness (QED) is 0.0240. The number of benzene rings is 1. The molecule has 0 spiro atoms. The monoisotopic (exact) mass is 1070 g/mol. The third kappa shape index (κ3) is 27.4. The van der Waals surface area contributed by atoms with Crippen molar-refractivity contribution in [1.82, 2.24) is 29.4 Å². The highest BCUT2D eigenvalue weighted by Crippen LogP contribution is 2.27. The minimum absolute atomic E-state index is 0.00266. The number of rotatable bonds is 37. The summed E-state index contributed by atoms with van der Waals surface area (Å²) < 4.78 is 86.3. The van der Waals surface area contributed by atoms with Gasteiger partial charge in [-0.25, -0.2) is 8.78 Å². The second-order valence-electron chi connectivity index (χ2n) is 16.9. The van der Waals surface area contributed by atoms with Crippen LogP contribution >= 0.6 is 0 Å². The van der Waals surface area contributed by atoms with Gasteiger partial charge in [-0.2, -0.15) is 8.78 Å². The van der Waals surface area contributed by atoms with Gasteiger partial charge in [-0.15, -0.1) is 0 Å². The maximum Gasteiger partial charge on any atom is 0.320 e. The number of nitrogens with zero attached hydrogens (tertiary/aromatic N) is 6. The maximum absolute atomic E-state index is 13.7. The molecule has 1 unspecified atom stereocenters. The minimum atomic E-state index is -1.82. The summed E-state index contributed by atoms with van der Waals surface area (Å²) in [5, 5.41) is 38.7. The molecule has 0 aliphatic carbocycles. The van der Waals surface area contributed by atoms with E-state index in [0.29, 0.717) is 52.7 Å². The Hall–Kier alpha value is -5.13. The van der Waals surface area contributed by atoms with Crippen molar-refractivity contribution in [2.45, 2.75) is 58.4 Å². The first kappa shape index (κ1) is 65.0. The SMILES string of the molecule is CCN(CCOCCOCCOCCOCCOCCN(CC)C(=O)CCC(C(=O)O)N1CCN(CC(=O)O)CCN(CC(=O)O)CCN(CC(=O)O)CC1)C(=O)CCCCC(=O)Oc1c(F)c(F)cc(F)c1F. The van der Waals surface area contributed by atoms with Gasteiger partial charge in [-0.1, -0.05) is 0 Å². The highest BCUT2D eigenvalue weighted by atomic mass is 19.2. The van der Waals surface area contributed by atoms with Crippen molar-refractivity contribution in [3.63, 3.8) is 0 Å². The van der Waals surface area contributed by atoms with E-state index in [4.69, 9.17) is 23.7 Å². The average Bonchev–Trinajstić information content (AvgIpc) is 3.34. The Bertz CT molecular complexity index is 1840. The topological polar surface area (TPSA) is 275 Å². The Morgan fingerprint density at radius 2 is 0.878 bits per heavy atom. The number of carboxylic acids is 4. The number of amides is 2. The van der Waals surface area contributed by atoms with Crippen LogP contribution in [-0.2, 0) is 57.2 Å². The van der Waals surface area contributed by atoms with Gasteiger partial charge in [0.1, 0.15) is 6.04 Å². The lowest BCUT2D eigenvalue weighted by molar-refractivity contribution is -0.145. The molecule has 74 heavy (non-hydrogen) atoms. The lowest BCUT2D eigenvalue weighted by Gasteiger charge is -2.35. The molecule has 1 aliphatic rings. The van der Waals surface area contributed by atoms with Crippen LogP contribution in [0.4, 0.5) is 17.6 Å². The van der Waals surface area contributed by atoms with Crippen LogP contribution in [-0.4, -0.2) is 262 Å². The first-order valence-electron chi connectivity index (χ1n) is 24.6. The fraction of sp³-hybridized carbons (Fsp3) is 0.723. The van der Waals surface area contributed by atoms with E-state index in [-0.39, 0.29) is 168 Å². The second-order valence-corrected chi connectivity index (χ2v) is 16.9. The molecule has 0 radical (unpaired) electrons. The third-order valence-electron chi connectivity index (χ3n) is 11.6. The van der Waals surface area contributed by atoms with Gasteiger partial charge in [0.05, 0.1) is 85.7 Å². The van der Waals surface area contributed by atoms with Crippen LogP contribution in [0.2, 0.25) is 0 Å². The normalized spacial score (nSPS) is 14.9. The molecule has 0 aromatic heterocycles. The molecular formula is C47H74F4N6O17. The molecule has 1 atom stereocenters. The van der Waals surface area contributed by atoms with Gasteiger partial charge in [-0.05, 0) is 33.1 Å². The molecule has 1 aromatic rings. The van der Waals surface area contributed by atoms with Crippen LogP contribution < -0.4 is 4.74 Å². The van der Waals surface area contributed by atoms with Gasteiger partial charge in [0, 0.05) is 104 Å². The summed E-state index contributed by atoms with van der Waals surface area (Å²) in [6.07, 6.45) is -0.0141. The summed E-state index contributed by atoms with van der Waals surface area (Å²) in [5.74, 6) is -14.6. The number of esters is 1. The van der Waals surface area contributed by atoms with Crippen molar-refractivity contribution in [1.29, 1.82) is 0 Å². The summed E-state index contributed by atoms with van der Waals surface area (Å²) in [7, 11) is 0. The van der Waals surface area contributed by atoms with Gasteiger partial charge in [0.15, 0.2) is 11.6 Å². The molecule has 2 amide bonds. The number of carboxylic acid groups (broad SMARTS) is 4. The van der Waals surface area contributed by atoms with E-state index in [9.17, 15) is 71.5 Å². The Kier molecular flexibility index (Phi) is 33.0. The number of ether oxygens (including phenoxy) is 6. The number of carbonyl (C=O) groups excluding carboxylic acids is 3. The molecule has 0 bridgehead atoms. The van der Waals surface area contributed by atoms with Gasteiger partial charge in [0.2, 0.25) is 29.2 Å². The Morgan fingerprint density at radius 1 is 0.527 bits per heavy atom. The molecule has 23 nitrogen and oxygen atoms in total. The van der Waals surface area contributed by atoms with Gasteiger partial charge in [0.25, 0.3) is 0 Å². The van der Waals surface area contributed by atoms with Crippen LogP contribution in [0, 0.1) is 23.3 Å². The lowest BCUT2D eigenvalue weighted by Crippen LogP contribution is -2.52. The predicted octanol–water partition coefficient (Wildman–Crippen LogP) is 1.20. The van der Waals surface area contributed by atoms with E-state index in [1.54, 1.807) is 43.2 Å². The van der Waals surface area contributed by atoms with Crippen LogP contribution in [0.15, 0.2) is 6.07 Å². The van der Waals surface area contributed by atoms with Crippen LogP contribution in [0.25, 0.3) is 0 Å². The molecule has 1 heterocycles. The minimum Gasteiger partial charge on any atom is -0.480 e. The Labute approximate surface area is 428 Å². The van der Waals surface area contributed by atoms with Gasteiger partial charge < -0.3 is 58.6 Å². The zero-order valence-electron chi connectivity index (χ0n) is 42.4. The number of hydrogen-bond donors (Lipinski definition) is 4. The largest absolute Gasteiger partial charge is 0.480 e. The van der Waals surface area contributed by atoms with E-state index in [0.717, 1.165) is 0 Å². The fourth-order valence-electron chi connectivity index (χ4n) is 7.55. The van der Waals surface area contributed by atoms with Crippen LogP contribution in [0.3, 0.4) is 0 Å². The van der Waals surface area contributed by atoms with E-state index < -0.39 is 64.9 Å². The first-order valence-corrected chi connectivity index (χ1v) is 24.6. The molecule has 0 saturated carbocycles. The molecule has 1 saturated heterocycles. The summed E-state index contributed by atoms with van der Waals surface area (Å²) in [6, 6.07) is -1.13. The molecule has 2 rings (SSSR count). The molecule has 1 aromatic carbocycles. The van der Waals surface area contributed by atoms with Crippen molar-refractivity contribution in [3.8, 4) is 5.75 Å². The zero-order chi connectivity index (χ0) is 54.8. The van der Waals surface area contributed by atoms with Crippen LogP contribution in [0.5, 0.6) is 5.75 Å². The second kappa shape index (κ2) is 37.6. The molecule has 1 aliphatic heterocycles. The molecule has 4 N–H and O–H groups in total. The molecule has 27 heteroatoms. The summed E-state index contributed by atoms with van der Waals surface area (Å²) in [6.45, 7) is 7.88. The average molecular weight is 1070 g/mol. The lowest BCUT2D eigenvalue weighted by atomic mass is 10.1. The van der Waals surface area contributed by atoms with Crippen molar-refractivity contribution in [2.24, 2.45) is 0 Å². The highest BCUT2D eigenvalue weighted by molar-refractivity contribution is 5.79. The number of aliphatic carboxylic acids is 4. The zero-order valence-corrected chi connectivity index (χ0v) is 42.4. The summed E-state index contributed by atoms with van der Waals surface area (Å²) in [4.78, 5) is 94.7. The van der Waals surface area contributed by atoms with E-state index in [1.165, 1.54) is 0 Å². The fourth-order valence-corrected chi connectivity index (χ4v) is 7.55. The van der Waals surface area contributed by atoms with Gasteiger partial charge >= 0.3 is 29.8 Å². The Morgan fingerprint density at radius 3 is 1.24 bits per heavy atom. The highest BCUT2D eigenvalue weighted by Gasteiger charge is 2.30.